The van der Waals surface area contributed by atoms with Crippen LogP contribution in [-0.4, -0.2) is 0 Å². The molecule has 0 aromatic heterocycles. The van der Waals surface area contributed by atoms with Crippen molar-refractivity contribution in [2.75, 3.05) is 0 Å². The Morgan fingerprint density at radius 1 is 0.786 bits per heavy atom. The van der Waals surface area contributed by atoms with Gasteiger partial charge in [0.1, 0.15) is 0 Å². The Bertz CT molecular complexity index is 1020. The van der Waals surface area contributed by atoms with Crippen molar-refractivity contribution in [2.24, 2.45) is 0 Å². The van der Waals surface area contributed by atoms with Gasteiger partial charge in [0.05, 0.1) is 0 Å². The number of hydrogen-bond donors (Lipinski definition) is 0. The molecule has 0 spiro atoms. The van der Waals surface area contributed by atoms with Crippen LogP contribution in [0.4, 0.5) is 0 Å². The Morgan fingerprint density at radius 2 is 1.54 bits per heavy atom. The van der Waals surface area contributed by atoms with Crippen LogP contribution in [0.25, 0.3) is 11.1 Å². The number of hydrogen-bond acceptors (Lipinski definition) is 0. The summed E-state index contributed by atoms with van der Waals surface area (Å²) in [7, 11) is 0. The minimum atomic E-state index is 0.574. The van der Waals surface area contributed by atoms with Gasteiger partial charge >= 0.3 is 0 Å². The van der Waals surface area contributed by atoms with Crippen molar-refractivity contribution in [3.8, 4) is 11.1 Å². The Hall–Kier alpha value is -2.34. The third kappa shape index (κ3) is 3.09. The van der Waals surface area contributed by atoms with Gasteiger partial charge in [0.15, 0.2) is 0 Å². The van der Waals surface area contributed by atoms with Crippen LogP contribution in [0.3, 0.4) is 0 Å². The van der Waals surface area contributed by atoms with Gasteiger partial charge in [0.2, 0.25) is 0 Å². The van der Waals surface area contributed by atoms with Crippen LogP contribution in [0.5, 0.6) is 0 Å². The third-order valence-electron chi connectivity index (χ3n) is 6.87. The molecule has 3 aromatic carbocycles. The molecule has 1 atom stereocenters. The average Bonchev–Trinajstić information content (AvgIpc) is 3.08. The van der Waals surface area contributed by atoms with Crippen LogP contribution < -0.4 is 0 Å². The van der Waals surface area contributed by atoms with Crippen molar-refractivity contribution < 1.29 is 0 Å². The van der Waals surface area contributed by atoms with E-state index in [2.05, 4.69) is 68.4 Å². The molecule has 0 radical (unpaired) electrons. The fourth-order valence-corrected chi connectivity index (χ4v) is 5.51. The van der Waals surface area contributed by atoms with Crippen molar-refractivity contribution in [1.82, 2.24) is 0 Å². The van der Waals surface area contributed by atoms with Gasteiger partial charge in [0, 0.05) is 0 Å². The molecular formula is C28H30. The molecule has 0 aliphatic heterocycles. The van der Waals surface area contributed by atoms with Crippen molar-refractivity contribution in [1.29, 1.82) is 0 Å². The van der Waals surface area contributed by atoms with Crippen LogP contribution in [0, 0.1) is 6.92 Å². The minimum Gasteiger partial charge on any atom is -0.0651 e. The van der Waals surface area contributed by atoms with Crippen molar-refractivity contribution in [3.05, 3.63) is 93.5 Å². The summed E-state index contributed by atoms with van der Waals surface area (Å²) in [5.41, 5.74) is 13.7. The Morgan fingerprint density at radius 3 is 2.39 bits per heavy atom. The van der Waals surface area contributed by atoms with Crippen LogP contribution in [0.2, 0.25) is 0 Å². The highest BCUT2D eigenvalue weighted by Crippen LogP contribution is 2.40. The van der Waals surface area contributed by atoms with Crippen molar-refractivity contribution in [2.45, 2.75) is 64.7 Å². The van der Waals surface area contributed by atoms with Gasteiger partial charge in [-0.3, -0.25) is 0 Å². The zero-order valence-corrected chi connectivity index (χ0v) is 17.2. The molecular weight excluding hydrogens is 336 g/mol. The van der Waals surface area contributed by atoms with Gasteiger partial charge in [0.25, 0.3) is 0 Å². The molecule has 0 fully saturated rings. The monoisotopic (exact) mass is 366 g/mol. The van der Waals surface area contributed by atoms with E-state index < -0.39 is 0 Å². The molecule has 2 aliphatic carbocycles. The SMILES string of the molecule is CCCc1ccc2c(c1)CC(c1cc3c(cc1C)CCC3)Cc1ccccc1-2. The minimum absolute atomic E-state index is 0.574. The van der Waals surface area contributed by atoms with E-state index in [1.807, 2.05) is 0 Å². The Balaban J connectivity index is 1.63. The molecule has 0 saturated carbocycles. The second kappa shape index (κ2) is 7.24. The highest BCUT2D eigenvalue weighted by molar-refractivity contribution is 5.72. The molecule has 0 amide bonds. The summed E-state index contributed by atoms with van der Waals surface area (Å²) in [6.07, 6.45) is 8.56. The van der Waals surface area contributed by atoms with E-state index in [9.17, 15) is 0 Å². The molecule has 0 heterocycles. The first-order valence-corrected chi connectivity index (χ1v) is 11.1. The first-order chi connectivity index (χ1) is 13.7. The smallest absolute Gasteiger partial charge is 0.00779 e. The standard InChI is InChI=1S/C28H30/c1-3-7-20-12-13-27-24(15-20)17-25(16-23-8-4-5-11-26(23)27)28-18-22-10-6-9-21(22)14-19(28)2/h4-5,8,11-15,18,25H,3,6-7,9-10,16-17H2,1-2H3. The van der Waals surface area contributed by atoms with Crippen LogP contribution >= 0.6 is 0 Å². The lowest BCUT2D eigenvalue weighted by Crippen LogP contribution is -2.08. The summed E-state index contributed by atoms with van der Waals surface area (Å²) in [4.78, 5) is 0. The summed E-state index contributed by atoms with van der Waals surface area (Å²) in [5, 5.41) is 0. The highest BCUT2D eigenvalue weighted by atomic mass is 14.3. The van der Waals surface area contributed by atoms with Crippen molar-refractivity contribution in [3.63, 3.8) is 0 Å². The molecule has 0 nitrogen and oxygen atoms in total. The molecule has 0 bridgehead atoms. The van der Waals surface area contributed by atoms with Gasteiger partial charge in [-0.25, -0.2) is 0 Å². The Kier molecular flexibility index (Phi) is 4.59. The van der Waals surface area contributed by atoms with E-state index in [0.717, 1.165) is 12.8 Å². The number of fused-ring (bicyclic) bond motifs is 4. The van der Waals surface area contributed by atoms with E-state index in [4.69, 9.17) is 0 Å². The topological polar surface area (TPSA) is 0 Å². The summed E-state index contributed by atoms with van der Waals surface area (Å²) >= 11 is 0. The Labute approximate surface area is 169 Å². The largest absolute Gasteiger partial charge is 0.0651 e. The van der Waals surface area contributed by atoms with Gasteiger partial charge in [-0.15, -0.1) is 0 Å². The molecule has 0 heteroatoms. The quantitative estimate of drug-likeness (QED) is 0.469. The van der Waals surface area contributed by atoms with Crippen molar-refractivity contribution >= 4 is 0 Å². The second-order valence-electron chi connectivity index (χ2n) is 8.83. The predicted molar refractivity (Wildman–Crippen MR) is 119 cm³/mol. The fourth-order valence-electron chi connectivity index (χ4n) is 5.51. The van der Waals surface area contributed by atoms with Crippen LogP contribution in [-0.2, 0) is 32.1 Å². The van der Waals surface area contributed by atoms with E-state index in [1.54, 1.807) is 22.3 Å². The van der Waals surface area contributed by atoms with Gasteiger partial charge in [-0.1, -0.05) is 67.9 Å². The summed E-state index contributed by atoms with van der Waals surface area (Å²) < 4.78 is 0. The van der Waals surface area contributed by atoms with E-state index in [0.29, 0.717) is 5.92 Å². The molecule has 0 N–H and O–H groups in total. The molecule has 28 heavy (non-hydrogen) atoms. The normalized spacial score (nSPS) is 17.6. The number of rotatable bonds is 3. The van der Waals surface area contributed by atoms with Gasteiger partial charge in [-0.2, -0.15) is 0 Å². The zero-order valence-electron chi connectivity index (χ0n) is 17.2. The molecule has 3 aromatic rings. The zero-order chi connectivity index (χ0) is 19.1. The molecule has 142 valence electrons. The van der Waals surface area contributed by atoms with Gasteiger partial charge < -0.3 is 0 Å². The highest BCUT2D eigenvalue weighted by Gasteiger charge is 2.25. The van der Waals surface area contributed by atoms with E-state index in [1.165, 1.54) is 59.9 Å². The second-order valence-corrected chi connectivity index (χ2v) is 8.83. The van der Waals surface area contributed by atoms with Gasteiger partial charge in [-0.05, 0) is 101 Å². The predicted octanol–water partition coefficient (Wildman–Crippen LogP) is 6.99. The maximum atomic E-state index is 2.56. The maximum Gasteiger partial charge on any atom is -0.00779 e. The summed E-state index contributed by atoms with van der Waals surface area (Å²) in [6.45, 7) is 4.61. The van der Waals surface area contributed by atoms with E-state index in [-0.39, 0.29) is 0 Å². The lowest BCUT2D eigenvalue weighted by molar-refractivity contribution is 0.682. The van der Waals surface area contributed by atoms with Crippen LogP contribution in [0.15, 0.2) is 54.6 Å². The third-order valence-corrected chi connectivity index (χ3v) is 6.87. The fraction of sp³-hybridized carbons (Fsp3) is 0.357. The lowest BCUT2D eigenvalue weighted by atomic mass is 9.84. The maximum absolute atomic E-state index is 2.56. The summed E-state index contributed by atoms with van der Waals surface area (Å²) in [6, 6.07) is 21.4. The van der Waals surface area contributed by atoms with Crippen LogP contribution in [0.1, 0.15) is 64.6 Å². The average molecular weight is 367 g/mol. The number of benzene rings is 3. The molecule has 2 aliphatic rings. The molecule has 5 rings (SSSR count). The lowest BCUT2D eigenvalue weighted by Gasteiger charge is -2.20. The number of aryl methyl sites for hydroxylation is 4. The van der Waals surface area contributed by atoms with E-state index >= 15 is 0 Å². The molecule has 0 saturated heterocycles. The first kappa shape index (κ1) is 17.7. The molecule has 1 unspecified atom stereocenters. The summed E-state index contributed by atoms with van der Waals surface area (Å²) in [5.74, 6) is 0.574. The first-order valence-electron chi connectivity index (χ1n) is 11.1.